The lowest BCUT2D eigenvalue weighted by molar-refractivity contribution is -0.131. The van der Waals surface area contributed by atoms with E-state index in [4.69, 9.17) is 21.4 Å². The number of phenolic OH excluding ortho intramolecular Hbond substituents is 1. The van der Waals surface area contributed by atoms with E-state index in [9.17, 15) is 19.5 Å². The molecule has 6 unspecified atom stereocenters. The van der Waals surface area contributed by atoms with Gasteiger partial charge in [-0.15, -0.1) is 11.3 Å². The van der Waals surface area contributed by atoms with Crippen LogP contribution in [0.15, 0.2) is 107 Å². The highest BCUT2D eigenvalue weighted by Crippen LogP contribution is 2.65. The standard InChI is InChI=1S/C48H38BrClN4O7S/c1-23-31-20-27(50)12-17-37(31)62-43(23)35-22-38(52(3)51-35)54-45(58)34-21-32-29(40(48(34,2)47(54)60)33-18-26(49)19-36(61-4)42(33)56)15-16-30-39(32)46(59)53(44(30)57)28-13-10-25(11-14-28)41(55)24-8-6-5-7-9-24/h5-15,17-20,22,30,32,34,39-40,56H,16,21H2,1-4H3. The number of halogens is 2. The van der Waals surface area contributed by atoms with Gasteiger partial charge in [0, 0.05) is 49.9 Å². The number of carbonyl (C=O) groups excluding carboxylic acids is 5. The molecule has 62 heavy (non-hydrogen) atoms. The zero-order valence-electron chi connectivity index (χ0n) is 33.9. The molecular weight excluding hydrogens is 892 g/mol. The number of methoxy groups -OCH3 is 1. The molecule has 0 radical (unpaired) electrons. The van der Waals surface area contributed by atoms with Crippen molar-refractivity contribution in [1.82, 2.24) is 9.78 Å². The molecule has 312 valence electrons. The highest BCUT2D eigenvalue weighted by Gasteiger charge is 2.68. The fourth-order valence-electron chi connectivity index (χ4n) is 10.5. The van der Waals surface area contributed by atoms with Crippen molar-refractivity contribution in [3.05, 3.63) is 134 Å². The molecule has 4 aromatic carbocycles. The monoisotopic (exact) mass is 928 g/mol. The number of aryl methyl sites for hydroxylation is 2. The Hall–Kier alpha value is -5.89. The van der Waals surface area contributed by atoms with Gasteiger partial charge < -0.3 is 9.84 Å². The summed E-state index contributed by atoms with van der Waals surface area (Å²) in [6.45, 7) is 3.76. The summed E-state index contributed by atoms with van der Waals surface area (Å²) in [4.78, 5) is 75.9. The van der Waals surface area contributed by atoms with Crippen LogP contribution in [0.25, 0.3) is 20.7 Å². The van der Waals surface area contributed by atoms with Crippen LogP contribution < -0.4 is 14.5 Å². The second-order valence-corrected chi connectivity index (χ2v) is 19.1. The van der Waals surface area contributed by atoms with Crippen molar-refractivity contribution in [3.63, 3.8) is 0 Å². The summed E-state index contributed by atoms with van der Waals surface area (Å²) in [5, 5.41) is 18.3. The molecule has 0 spiro atoms. The number of hydrogen-bond acceptors (Lipinski definition) is 9. The normalized spacial score (nSPS) is 24.4. The average molecular weight is 930 g/mol. The van der Waals surface area contributed by atoms with E-state index in [-0.39, 0.29) is 41.8 Å². The second-order valence-electron chi connectivity index (χ2n) is 16.7. The Bertz CT molecular complexity index is 2980. The minimum absolute atomic E-state index is 0.116. The summed E-state index contributed by atoms with van der Waals surface area (Å²) < 4.78 is 8.72. The molecule has 4 amide bonds. The number of ether oxygens (including phenoxy) is 1. The Morgan fingerprint density at radius 1 is 0.919 bits per heavy atom. The minimum Gasteiger partial charge on any atom is -0.504 e. The molecule has 1 N–H and O–H groups in total. The molecule has 2 aromatic heterocycles. The number of ketones is 1. The zero-order valence-corrected chi connectivity index (χ0v) is 37.0. The van der Waals surface area contributed by atoms with Crippen LogP contribution in [-0.2, 0) is 26.2 Å². The van der Waals surface area contributed by atoms with E-state index in [0.717, 1.165) is 20.5 Å². The van der Waals surface area contributed by atoms with Crippen LogP contribution in [-0.4, -0.2) is 51.4 Å². The van der Waals surface area contributed by atoms with Crippen LogP contribution >= 0.6 is 38.9 Å². The van der Waals surface area contributed by atoms with E-state index < -0.39 is 52.7 Å². The molecule has 6 aromatic rings. The highest BCUT2D eigenvalue weighted by molar-refractivity contribution is 9.10. The fraction of sp³-hybridized carbons (Fsp3) is 0.250. The number of thiophene rings is 1. The third-order valence-electron chi connectivity index (χ3n) is 13.5. The molecule has 11 nitrogen and oxygen atoms in total. The van der Waals surface area contributed by atoms with E-state index in [1.807, 2.05) is 37.3 Å². The maximum absolute atomic E-state index is 15.3. The van der Waals surface area contributed by atoms with E-state index in [0.29, 0.717) is 43.1 Å². The third kappa shape index (κ3) is 5.81. The van der Waals surface area contributed by atoms with Gasteiger partial charge in [-0.25, -0.2) is 4.90 Å². The van der Waals surface area contributed by atoms with Crippen molar-refractivity contribution in [2.75, 3.05) is 16.9 Å². The number of imide groups is 2. The van der Waals surface area contributed by atoms with Crippen molar-refractivity contribution >= 4 is 89.9 Å². The molecule has 4 heterocycles. The number of aromatic nitrogens is 2. The SMILES string of the molecule is COc1cc(Br)cc(C2C3=CCC4C(=O)N(c5ccc(C(=O)c6ccccc6)cc5)C(=O)C4C3CC3C(=O)N(c4cc(-c5sc6ccc(Cl)cc6c5C)nn4C)C(=O)C32C)c1O. The van der Waals surface area contributed by atoms with Crippen LogP contribution in [0.2, 0.25) is 5.02 Å². The van der Waals surface area contributed by atoms with Gasteiger partial charge in [-0.2, -0.15) is 5.10 Å². The van der Waals surface area contributed by atoms with Crippen LogP contribution in [0.3, 0.4) is 0 Å². The van der Waals surface area contributed by atoms with Crippen LogP contribution in [0.4, 0.5) is 11.5 Å². The molecular formula is C48H38BrClN4O7S. The van der Waals surface area contributed by atoms with E-state index >= 15 is 9.59 Å². The number of amides is 4. The second kappa shape index (κ2) is 14.6. The maximum atomic E-state index is 15.3. The van der Waals surface area contributed by atoms with Gasteiger partial charge in [0.15, 0.2) is 17.3 Å². The van der Waals surface area contributed by atoms with Gasteiger partial charge in [-0.3, -0.25) is 33.6 Å². The molecule has 10 rings (SSSR count). The Labute approximate surface area is 373 Å². The van der Waals surface area contributed by atoms with Gasteiger partial charge in [-0.1, -0.05) is 69.5 Å². The topological polar surface area (TPSA) is 139 Å². The van der Waals surface area contributed by atoms with Gasteiger partial charge in [0.2, 0.25) is 23.6 Å². The number of anilines is 2. The predicted molar refractivity (Wildman–Crippen MR) is 240 cm³/mol. The van der Waals surface area contributed by atoms with Crippen molar-refractivity contribution in [1.29, 1.82) is 0 Å². The molecule has 1 saturated carbocycles. The predicted octanol–water partition coefficient (Wildman–Crippen LogP) is 9.41. The molecule has 0 bridgehead atoms. The van der Waals surface area contributed by atoms with Crippen molar-refractivity contribution < 1.29 is 33.8 Å². The summed E-state index contributed by atoms with van der Waals surface area (Å²) >= 11 is 11.5. The molecule has 14 heteroatoms. The number of carbonyl (C=O) groups is 5. The Morgan fingerprint density at radius 3 is 2.37 bits per heavy atom. The van der Waals surface area contributed by atoms with Crippen molar-refractivity contribution in [3.8, 4) is 22.1 Å². The maximum Gasteiger partial charge on any atom is 0.242 e. The molecule has 4 aliphatic rings. The Kier molecular flexibility index (Phi) is 9.47. The summed E-state index contributed by atoms with van der Waals surface area (Å²) in [5.41, 5.74) is 2.48. The number of aromatic hydroxyl groups is 1. The highest BCUT2D eigenvalue weighted by atomic mass is 79.9. The van der Waals surface area contributed by atoms with Gasteiger partial charge >= 0.3 is 0 Å². The summed E-state index contributed by atoms with van der Waals surface area (Å²) in [7, 11) is 3.13. The number of rotatable bonds is 7. The lowest BCUT2D eigenvalue weighted by Crippen LogP contribution is -2.49. The molecule has 3 fully saturated rings. The van der Waals surface area contributed by atoms with E-state index in [1.165, 1.54) is 21.6 Å². The number of benzene rings is 4. The van der Waals surface area contributed by atoms with Crippen LogP contribution in [0.1, 0.15) is 52.7 Å². The molecule has 6 atom stereocenters. The zero-order chi connectivity index (χ0) is 43.5. The van der Waals surface area contributed by atoms with Crippen molar-refractivity contribution in [2.45, 2.75) is 32.6 Å². The average Bonchev–Trinajstić information content (AvgIpc) is 3.94. The summed E-state index contributed by atoms with van der Waals surface area (Å²) in [5.74, 6) is -5.65. The number of nitrogens with zero attached hydrogens (tertiary/aromatic N) is 4. The lowest BCUT2D eigenvalue weighted by atomic mass is 9.51. The Morgan fingerprint density at radius 2 is 1.65 bits per heavy atom. The quantitative estimate of drug-likeness (QED) is 0.0950. The van der Waals surface area contributed by atoms with Gasteiger partial charge in [0.05, 0.1) is 40.8 Å². The Balaban J connectivity index is 1.05. The number of allylic oxidation sites excluding steroid dienone is 2. The first-order valence-electron chi connectivity index (χ1n) is 20.2. The first-order chi connectivity index (χ1) is 29.7. The largest absolute Gasteiger partial charge is 0.504 e. The van der Waals surface area contributed by atoms with Gasteiger partial charge in [0.25, 0.3) is 0 Å². The van der Waals surface area contributed by atoms with Gasteiger partial charge in [-0.05, 0) is 98.2 Å². The number of fused-ring (bicyclic) bond motifs is 5. The third-order valence-corrected chi connectivity index (χ3v) is 15.5. The summed E-state index contributed by atoms with van der Waals surface area (Å²) in [6, 6.07) is 26.1. The fourth-order valence-corrected chi connectivity index (χ4v) is 12.3. The molecule has 2 aliphatic heterocycles. The molecule has 2 aliphatic carbocycles. The van der Waals surface area contributed by atoms with E-state index in [1.54, 1.807) is 92.0 Å². The first kappa shape index (κ1) is 40.2. The summed E-state index contributed by atoms with van der Waals surface area (Å²) in [6.07, 6.45) is 2.26. The van der Waals surface area contributed by atoms with Crippen molar-refractivity contribution in [2.24, 2.45) is 36.1 Å². The first-order valence-corrected chi connectivity index (χ1v) is 22.2. The molecule has 2 saturated heterocycles. The van der Waals surface area contributed by atoms with Crippen LogP contribution in [0.5, 0.6) is 11.5 Å². The minimum atomic E-state index is -1.43. The number of hydrogen-bond donors (Lipinski definition) is 1. The van der Waals surface area contributed by atoms with Crippen LogP contribution in [0, 0.1) is 36.0 Å². The number of phenols is 1. The smallest absolute Gasteiger partial charge is 0.242 e. The van der Waals surface area contributed by atoms with Gasteiger partial charge in [0.1, 0.15) is 11.5 Å². The lowest BCUT2D eigenvalue weighted by Gasteiger charge is -2.49. The van der Waals surface area contributed by atoms with E-state index in [2.05, 4.69) is 15.9 Å².